The second-order valence-electron chi connectivity index (χ2n) is 7.35. The van der Waals surface area contributed by atoms with Gasteiger partial charge in [0, 0.05) is 26.3 Å². The van der Waals surface area contributed by atoms with E-state index in [0.717, 1.165) is 0 Å². The van der Waals surface area contributed by atoms with E-state index in [1.54, 1.807) is 48.0 Å². The maximum absolute atomic E-state index is 14.8. The zero-order valence-electron chi connectivity index (χ0n) is 15.9. The Morgan fingerprint density at radius 1 is 1.14 bits per heavy atom. The smallest absolute Gasteiger partial charge is 0.208 e. The molecule has 152 valence electrons. The molecule has 2 heterocycles. The van der Waals surface area contributed by atoms with Crippen molar-refractivity contribution in [1.29, 1.82) is 0 Å². The first-order chi connectivity index (χ1) is 13.7. The molecule has 0 saturated carbocycles. The lowest BCUT2D eigenvalue weighted by molar-refractivity contribution is -0.383. The van der Waals surface area contributed by atoms with Crippen LogP contribution in [0.2, 0.25) is 10.0 Å². The lowest BCUT2D eigenvalue weighted by Gasteiger charge is -2.32. The summed E-state index contributed by atoms with van der Waals surface area (Å²) in [6.07, 6.45) is 0.829. The summed E-state index contributed by atoms with van der Waals surface area (Å²) in [5.74, 6) is 0.171. The van der Waals surface area contributed by atoms with Crippen LogP contribution in [0.4, 0.5) is 4.39 Å². The molecular formula is C21H18BrCl2FN2O2. The molecule has 1 aliphatic heterocycles. The van der Waals surface area contributed by atoms with Gasteiger partial charge >= 0.3 is 0 Å². The van der Waals surface area contributed by atoms with Crippen molar-refractivity contribution in [3.05, 3.63) is 80.0 Å². The highest BCUT2D eigenvalue weighted by Crippen LogP contribution is 2.42. The van der Waals surface area contributed by atoms with E-state index in [-0.39, 0.29) is 6.29 Å². The van der Waals surface area contributed by atoms with Gasteiger partial charge in [0.15, 0.2) is 6.29 Å². The molecule has 1 aliphatic rings. The first kappa shape index (κ1) is 20.8. The van der Waals surface area contributed by atoms with Gasteiger partial charge in [-0.1, -0.05) is 45.2 Å². The topological polar surface area (TPSA) is 36.3 Å². The molecule has 2 aromatic carbocycles. The van der Waals surface area contributed by atoms with Gasteiger partial charge < -0.3 is 9.47 Å². The Hall–Kier alpha value is -1.44. The van der Waals surface area contributed by atoms with Gasteiger partial charge in [-0.25, -0.2) is 9.37 Å². The van der Waals surface area contributed by atoms with Crippen molar-refractivity contribution in [1.82, 2.24) is 9.55 Å². The Bertz CT molecular complexity index is 1060. The summed E-state index contributed by atoms with van der Waals surface area (Å²) < 4.78 is 28.4. The second-order valence-corrected chi connectivity index (χ2v) is 9.08. The third kappa shape index (κ3) is 3.73. The molecular weight excluding hydrogens is 482 g/mol. The molecule has 0 radical (unpaired) electrons. The van der Waals surface area contributed by atoms with Crippen molar-refractivity contribution >= 4 is 39.1 Å². The number of aromatic nitrogens is 2. The Balaban J connectivity index is 1.91. The van der Waals surface area contributed by atoms with Crippen LogP contribution in [0.1, 0.15) is 44.1 Å². The van der Waals surface area contributed by atoms with Crippen LogP contribution in [0.25, 0.3) is 5.69 Å². The Labute approximate surface area is 186 Å². The maximum atomic E-state index is 14.8. The fraction of sp³-hybridized carbons (Fsp3) is 0.286. The molecule has 0 atom stereocenters. The van der Waals surface area contributed by atoms with Crippen LogP contribution in [-0.4, -0.2) is 15.8 Å². The highest BCUT2D eigenvalue weighted by molar-refractivity contribution is 9.10. The first-order valence-corrected chi connectivity index (χ1v) is 10.5. The van der Waals surface area contributed by atoms with Crippen LogP contribution in [-0.2, 0) is 14.9 Å². The highest BCUT2D eigenvalue weighted by atomic mass is 79.9. The molecule has 3 aromatic rings. The van der Waals surface area contributed by atoms with Crippen LogP contribution in [0, 0.1) is 5.82 Å². The van der Waals surface area contributed by atoms with Gasteiger partial charge in [0.1, 0.15) is 17.3 Å². The van der Waals surface area contributed by atoms with Crippen molar-refractivity contribution < 1.29 is 13.9 Å². The lowest BCUT2D eigenvalue weighted by Crippen LogP contribution is -2.32. The largest absolute Gasteiger partial charge is 0.318 e. The summed E-state index contributed by atoms with van der Waals surface area (Å²) in [5, 5.41) is 1.03. The van der Waals surface area contributed by atoms with E-state index in [1.807, 2.05) is 13.8 Å². The highest BCUT2D eigenvalue weighted by Gasteiger charge is 2.37. The molecule has 4 nitrogen and oxygen atoms in total. The minimum atomic E-state index is -0.734. The molecule has 0 N–H and O–H groups in total. The monoisotopic (exact) mass is 498 g/mol. The average Bonchev–Trinajstić information content (AvgIpc) is 3.04. The fourth-order valence-corrected chi connectivity index (χ4v) is 4.72. The standard InChI is InChI=1S/C21H18BrCl2FN2O2/c1-11-28-19(29-11)16-10-27(17-8-7-12(22)9-15(17)25)20(26-16)21(2,3)18-13(23)5-4-6-14(18)24/h4-11,19H,1-3H3. The fourth-order valence-electron chi connectivity index (χ4n) is 3.52. The average molecular weight is 500 g/mol. The summed E-state index contributed by atoms with van der Waals surface area (Å²) in [4.78, 5) is 4.75. The van der Waals surface area contributed by atoms with E-state index in [1.165, 1.54) is 6.07 Å². The number of rotatable bonds is 4. The number of ether oxygens (including phenoxy) is 2. The number of hydrogen-bond acceptors (Lipinski definition) is 3. The first-order valence-electron chi connectivity index (χ1n) is 8.99. The van der Waals surface area contributed by atoms with Crippen molar-refractivity contribution in [3.8, 4) is 5.69 Å². The van der Waals surface area contributed by atoms with Crippen LogP contribution in [0.15, 0.2) is 47.1 Å². The van der Waals surface area contributed by atoms with Crippen molar-refractivity contribution in [2.45, 2.75) is 38.8 Å². The summed E-state index contributed by atoms with van der Waals surface area (Å²) in [6.45, 7) is 5.70. The van der Waals surface area contributed by atoms with Gasteiger partial charge in [-0.05, 0) is 51.1 Å². The molecule has 0 spiro atoms. The second kappa shape index (κ2) is 7.67. The lowest BCUT2D eigenvalue weighted by atomic mass is 9.83. The third-order valence-corrected chi connectivity index (χ3v) is 6.04. The predicted molar refractivity (Wildman–Crippen MR) is 114 cm³/mol. The van der Waals surface area contributed by atoms with E-state index >= 15 is 0 Å². The third-order valence-electron chi connectivity index (χ3n) is 4.91. The summed E-state index contributed by atoms with van der Waals surface area (Å²) >= 11 is 16.3. The predicted octanol–water partition coefficient (Wildman–Crippen LogP) is 6.80. The molecule has 0 bridgehead atoms. The number of benzene rings is 2. The van der Waals surface area contributed by atoms with Gasteiger partial charge in [-0.15, -0.1) is 0 Å². The van der Waals surface area contributed by atoms with Gasteiger partial charge in [0.25, 0.3) is 0 Å². The number of hydrogen-bond donors (Lipinski definition) is 0. The molecule has 1 saturated heterocycles. The van der Waals surface area contributed by atoms with Crippen molar-refractivity contribution in [2.75, 3.05) is 0 Å². The number of imidazole rings is 1. The molecule has 0 amide bonds. The summed E-state index contributed by atoms with van der Waals surface area (Å²) in [5.41, 5.74) is 0.882. The molecule has 1 fully saturated rings. The van der Waals surface area contributed by atoms with Crippen LogP contribution < -0.4 is 0 Å². The Morgan fingerprint density at radius 3 is 2.38 bits per heavy atom. The molecule has 1 aromatic heterocycles. The molecule has 0 unspecified atom stereocenters. The minimum Gasteiger partial charge on any atom is -0.318 e. The normalized spacial score (nSPS) is 19.3. The van der Waals surface area contributed by atoms with E-state index in [9.17, 15) is 4.39 Å². The maximum Gasteiger partial charge on any atom is 0.208 e. The quantitative estimate of drug-likeness (QED) is 0.396. The van der Waals surface area contributed by atoms with Gasteiger partial charge in [-0.2, -0.15) is 0 Å². The SMILES string of the molecule is CC1OC(c2cn(-c3ccc(Br)cc3F)c(C(C)(C)c3c(Cl)cccc3Cl)n2)O1. The van der Waals surface area contributed by atoms with E-state index in [4.69, 9.17) is 37.7 Å². The van der Waals surface area contributed by atoms with Crippen molar-refractivity contribution in [2.24, 2.45) is 0 Å². The van der Waals surface area contributed by atoms with E-state index in [2.05, 4.69) is 15.9 Å². The van der Waals surface area contributed by atoms with Gasteiger partial charge in [0.05, 0.1) is 11.1 Å². The molecule has 8 heteroatoms. The summed E-state index contributed by atoms with van der Waals surface area (Å²) in [6, 6.07) is 10.2. The van der Waals surface area contributed by atoms with Gasteiger partial charge in [-0.3, -0.25) is 4.57 Å². The van der Waals surface area contributed by atoms with Gasteiger partial charge in [0.2, 0.25) is 6.29 Å². The number of halogens is 4. The minimum absolute atomic E-state index is 0.302. The van der Waals surface area contributed by atoms with E-state index in [0.29, 0.717) is 37.3 Å². The number of nitrogens with zero attached hydrogens (tertiary/aromatic N) is 2. The van der Waals surface area contributed by atoms with Crippen LogP contribution in [0.5, 0.6) is 0 Å². The zero-order chi connectivity index (χ0) is 20.9. The molecule has 29 heavy (non-hydrogen) atoms. The Kier molecular flexibility index (Phi) is 5.51. The molecule has 0 aliphatic carbocycles. The zero-order valence-corrected chi connectivity index (χ0v) is 19.0. The summed E-state index contributed by atoms with van der Waals surface area (Å²) in [7, 11) is 0. The van der Waals surface area contributed by atoms with E-state index < -0.39 is 17.5 Å². The molecule has 4 rings (SSSR count). The van der Waals surface area contributed by atoms with Crippen LogP contribution >= 0.6 is 39.1 Å². The Morgan fingerprint density at radius 2 is 1.79 bits per heavy atom. The van der Waals surface area contributed by atoms with Crippen LogP contribution in [0.3, 0.4) is 0 Å². The van der Waals surface area contributed by atoms with Crippen molar-refractivity contribution in [3.63, 3.8) is 0 Å².